The summed E-state index contributed by atoms with van der Waals surface area (Å²) < 4.78 is 7.01. The average molecular weight is 217 g/mol. The van der Waals surface area contributed by atoms with E-state index in [2.05, 4.69) is 4.98 Å². The van der Waals surface area contributed by atoms with Gasteiger partial charge in [0.25, 0.3) is 5.56 Å². The van der Waals surface area contributed by atoms with E-state index in [0.29, 0.717) is 6.61 Å². The normalized spacial score (nSPS) is 20.5. The van der Waals surface area contributed by atoms with Crippen LogP contribution >= 0.6 is 12.4 Å². The highest BCUT2D eigenvalue weighted by molar-refractivity contribution is 5.85. The minimum absolute atomic E-state index is 0. The van der Waals surface area contributed by atoms with Gasteiger partial charge in [-0.1, -0.05) is 0 Å². The van der Waals surface area contributed by atoms with Crippen LogP contribution in [0.2, 0.25) is 0 Å². The van der Waals surface area contributed by atoms with Crippen molar-refractivity contribution in [3.8, 4) is 0 Å². The van der Waals surface area contributed by atoms with E-state index in [4.69, 9.17) is 4.74 Å². The van der Waals surface area contributed by atoms with Gasteiger partial charge in [0.2, 0.25) is 0 Å². The monoisotopic (exact) mass is 216 g/mol. The highest BCUT2D eigenvalue weighted by atomic mass is 35.5. The van der Waals surface area contributed by atoms with Crippen molar-refractivity contribution in [3.63, 3.8) is 0 Å². The van der Waals surface area contributed by atoms with Gasteiger partial charge in [0.05, 0.1) is 18.8 Å². The fourth-order valence-corrected chi connectivity index (χ4v) is 1.70. The Morgan fingerprint density at radius 3 is 2.93 bits per heavy atom. The third-order valence-electron chi connectivity index (χ3n) is 2.33. The van der Waals surface area contributed by atoms with Gasteiger partial charge in [-0.2, -0.15) is 0 Å². The first kappa shape index (κ1) is 11.2. The molecule has 0 aliphatic carbocycles. The molecule has 1 aromatic rings. The van der Waals surface area contributed by atoms with Crippen LogP contribution in [0.3, 0.4) is 0 Å². The molecule has 0 amide bonds. The fourth-order valence-electron chi connectivity index (χ4n) is 1.70. The minimum atomic E-state index is -0.0319. The molecule has 1 unspecified atom stereocenters. The molecule has 0 aromatic carbocycles. The second kappa shape index (κ2) is 4.57. The zero-order chi connectivity index (χ0) is 9.26. The maximum atomic E-state index is 11.5. The summed E-state index contributed by atoms with van der Waals surface area (Å²) >= 11 is 0. The van der Waals surface area contributed by atoms with Crippen molar-refractivity contribution < 1.29 is 4.74 Å². The summed E-state index contributed by atoms with van der Waals surface area (Å²) in [4.78, 5) is 15.3. The quantitative estimate of drug-likeness (QED) is 0.702. The number of hydrogen-bond donors (Lipinski definition) is 0. The summed E-state index contributed by atoms with van der Waals surface area (Å²) in [7, 11) is 0. The van der Waals surface area contributed by atoms with E-state index >= 15 is 0 Å². The smallest absolute Gasteiger partial charge is 0.269 e. The Hall–Kier alpha value is -0.870. The molecule has 2 rings (SSSR count). The van der Waals surface area contributed by atoms with Crippen LogP contribution in [0.1, 0.15) is 18.2 Å². The molecular formula is C9H13ClN2O2. The zero-order valence-electron chi connectivity index (χ0n) is 7.97. The second-order valence-corrected chi connectivity index (χ2v) is 3.27. The van der Waals surface area contributed by atoms with Gasteiger partial charge in [0, 0.05) is 18.5 Å². The number of aromatic nitrogens is 2. The summed E-state index contributed by atoms with van der Waals surface area (Å²) in [5, 5.41) is 0. The van der Waals surface area contributed by atoms with Crippen molar-refractivity contribution in [2.24, 2.45) is 0 Å². The molecule has 78 valence electrons. The van der Waals surface area contributed by atoms with E-state index in [-0.39, 0.29) is 24.0 Å². The van der Waals surface area contributed by atoms with E-state index < -0.39 is 0 Å². The van der Waals surface area contributed by atoms with Crippen molar-refractivity contribution in [1.82, 2.24) is 9.55 Å². The molecule has 5 heteroatoms. The number of nitrogens with zero attached hydrogens (tertiary/aromatic N) is 2. The standard InChI is InChI=1S/C9H12N2O2.ClH/c1-7-4-10-5-9(12)11(7)8-2-3-13-6-8;/h4-5,8H,2-3,6H2,1H3;1H. The number of aryl methyl sites for hydroxylation is 1. The average Bonchev–Trinajstić information content (AvgIpc) is 2.57. The lowest BCUT2D eigenvalue weighted by atomic mass is 10.2. The van der Waals surface area contributed by atoms with Crippen molar-refractivity contribution in [3.05, 3.63) is 28.4 Å². The second-order valence-electron chi connectivity index (χ2n) is 3.27. The molecule has 1 fully saturated rings. The van der Waals surface area contributed by atoms with Crippen LogP contribution in [0.4, 0.5) is 0 Å². The van der Waals surface area contributed by atoms with Crippen LogP contribution in [0.25, 0.3) is 0 Å². The largest absolute Gasteiger partial charge is 0.379 e. The summed E-state index contributed by atoms with van der Waals surface area (Å²) in [6, 6.07) is 0.204. The third-order valence-corrected chi connectivity index (χ3v) is 2.33. The van der Waals surface area contributed by atoms with Crippen LogP contribution in [0.5, 0.6) is 0 Å². The predicted octanol–water partition coefficient (Wildman–Crippen LogP) is 0.935. The Balaban J connectivity index is 0.000000980. The van der Waals surface area contributed by atoms with E-state index in [0.717, 1.165) is 18.7 Å². The molecule has 0 saturated carbocycles. The minimum Gasteiger partial charge on any atom is -0.379 e. The first-order valence-electron chi connectivity index (χ1n) is 4.40. The first-order valence-corrected chi connectivity index (χ1v) is 4.40. The molecule has 14 heavy (non-hydrogen) atoms. The van der Waals surface area contributed by atoms with Crippen molar-refractivity contribution in [2.75, 3.05) is 13.2 Å². The van der Waals surface area contributed by atoms with Gasteiger partial charge in [-0.3, -0.25) is 9.78 Å². The lowest BCUT2D eigenvalue weighted by molar-refractivity contribution is 0.185. The Bertz CT molecular complexity index is 358. The van der Waals surface area contributed by atoms with Crippen molar-refractivity contribution in [1.29, 1.82) is 0 Å². The summed E-state index contributed by atoms with van der Waals surface area (Å²) in [5.41, 5.74) is 0.874. The van der Waals surface area contributed by atoms with Crippen LogP contribution < -0.4 is 5.56 Å². The highest BCUT2D eigenvalue weighted by Crippen LogP contribution is 2.17. The van der Waals surface area contributed by atoms with E-state index in [1.807, 2.05) is 6.92 Å². The van der Waals surface area contributed by atoms with Crippen LogP contribution in [0, 0.1) is 6.92 Å². The molecule has 0 bridgehead atoms. The maximum Gasteiger partial charge on any atom is 0.269 e. The summed E-state index contributed by atoms with van der Waals surface area (Å²) in [5.74, 6) is 0. The van der Waals surface area contributed by atoms with E-state index in [9.17, 15) is 4.79 Å². The lowest BCUT2D eigenvalue weighted by Gasteiger charge is -2.14. The van der Waals surface area contributed by atoms with Crippen LogP contribution in [-0.4, -0.2) is 22.8 Å². The first-order chi connectivity index (χ1) is 6.29. The zero-order valence-corrected chi connectivity index (χ0v) is 8.79. The number of hydrogen-bond acceptors (Lipinski definition) is 3. The van der Waals surface area contributed by atoms with Gasteiger partial charge in [0.15, 0.2) is 0 Å². The van der Waals surface area contributed by atoms with Crippen LogP contribution in [-0.2, 0) is 4.74 Å². The number of ether oxygens (including phenoxy) is 1. The van der Waals surface area contributed by atoms with Crippen molar-refractivity contribution >= 4 is 12.4 Å². The van der Waals surface area contributed by atoms with Gasteiger partial charge < -0.3 is 9.30 Å². The Labute approximate surface area is 88.3 Å². The molecule has 1 aliphatic heterocycles. The van der Waals surface area contributed by atoms with E-state index in [1.54, 1.807) is 10.8 Å². The fraction of sp³-hybridized carbons (Fsp3) is 0.556. The van der Waals surface area contributed by atoms with Gasteiger partial charge in [-0.15, -0.1) is 12.4 Å². The van der Waals surface area contributed by atoms with Crippen molar-refractivity contribution in [2.45, 2.75) is 19.4 Å². The molecule has 0 radical (unpaired) electrons. The van der Waals surface area contributed by atoms with Gasteiger partial charge >= 0.3 is 0 Å². The number of rotatable bonds is 1. The van der Waals surface area contributed by atoms with Gasteiger partial charge in [0.1, 0.15) is 0 Å². The SMILES string of the molecule is Cc1cncc(=O)n1C1CCOC1.Cl. The van der Waals surface area contributed by atoms with Gasteiger partial charge in [-0.05, 0) is 13.3 Å². The van der Waals surface area contributed by atoms with Crippen LogP contribution in [0.15, 0.2) is 17.2 Å². The molecule has 4 nitrogen and oxygen atoms in total. The molecule has 0 spiro atoms. The Morgan fingerprint density at radius 2 is 2.36 bits per heavy atom. The molecular weight excluding hydrogens is 204 g/mol. The predicted molar refractivity (Wildman–Crippen MR) is 55.0 cm³/mol. The molecule has 1 aliphatic rings. The molecule has 2 heterocycles. The maximum absolute atomic E-state index is 11.5. The Morgan fingerprint density at radius 1 is 1.57 bits per heavy atom. The topological polar surface area (TPSA) is 44.1 Å². The Kier molecular flexibility index (Phi) is 3.66. The summed E-state index contributed by atoms with van der Waals surface area (Å²) in [6.07, 6.45) is 3.98. The summed E-state index contributed by atoms with van der Waals surface area (Å²) in [6.45, 7) is 3.29. The number of halogens is 1. The highest BCUT2D eigenvalue weighted by Gasteiger charge is 2.19. The van der Waals surface area contributed by atoms with E-state index in [1.165, 1.54) is 6.20 Å². The molecule has 1 saturated heterocycles. The lowest BCUT2D eigenvalue weighted by Crippen LogP contribution is -2.26. The third kappa shape index (κ3) is 1.96. The molecule has 1 atom stereocenters. The van der Waals surface area contributed by atoms with Gasteiger partial charge in [-0.25, -0.2) is 0 Å². The molecule has 0 N–H and O–H groups in total. The molecule has 1 aromatic heterocycles.